The first-order chi connectivity index (χ1) is 13.5. The molecule has 6 heteroatoms. The minimum absolute atomic E-state index is 0.0463. The molecule has 0 saturated carbocycles. The van der Waals surface area contributed by atoms with Crippen molar-refractivity contribution in [2.75, 3.05) is 24.3 Å². The first-order valence-corrected chi connectivity index (χ1v) is 8.87. The number of phenolic OH excluding ortho intramolecular Hbond substituents is 1. The summed E-state index contributed by atoms with van der Waals surface area (Å²) < 4.78 is 1.94. The maximum Gasteiger partial charge on any atom is 0.255 e. The van der Waals surface area contributed by atoms with Crippen LogP contribution in [0.1, 0.15) is 10.4 Å². The van der Waals surface area contributed by atoms with Gasteiger partial charge in [-0.3, -0.25) is 4.79 Å². The molecule has 0 saturated heterocycles. The summed E-state index contributed by atoms with van der Waals surface area (Å²) in [6, 6.07) is 18.1. The molecule has 0 radical (unpaired) electrons. The molecule has 4 aromatic rings. The number of imidazole rings is 1. The van der Waals surface area contributed by atoms with Gasteiger partial charge in [-0.1, -0.05) is 24.3 Å². The van der Waals surface area contributed by atoms with E-state index in [1.165, 1.54) is 6.07 Å². The zero-order valence-electron chi connectivity index (χ0n) is 15.6. The number of nitrogens with one attached hydrogen (secondary N) is 1. The zero-order chi connectivity index (χ0) is 19.7. The Labute approximate surface area is 162 Å². The van der Waals surface area contributed by atoms with Gasteiger partial charge in [-0.05, 0) is 30.3 Å². The number of carbonyl (C=O) groups is 1. The summed E-state index contributed by atoms with van der Waals surface area (Å²) in [5, 5.41) is 12.9. The van der Waals surface area contributed by atoms with Crippen LogP contribution in [0.3, 0.4) is 0 Å². The van der Waals surface area contributed by atoms with Crippen molar-refractivity contribution in [3.63, 3.8) is 0 Å². The third kappa shape index (κ3) is 3.40. The van der Waals surface area contributed by atoms with E-state index in [9.17, 15) is 9.90 Å². The summed E-state index contributed by atoms with van der Waals surface area (Å²) >= 11 is 0. The SMILES string of the molecule is CN(C)c1cc(O)cc(C(=O)Nc2ccccc2-c2cn3ccccc3n2)c1. The maximum absolute atomic E-state index is 12.8. The van der Waals surface area contributed by atoms with Gasteiger partial charge in [0.25, 0.3) is 5.91 Å². The molecule has 2 heterocycles. The van der Waals surface area contributed by atoms with Crippen molar-refractivity contribution in [1.29, 1.82) is 0 Å². The van der Waals surface area contributed by atoms with Crippen LogP contribution in [0.4, 0.5) is 11.4 Å². The molecular weight excluding hydrogens is 352 g/mol. The van der Waals surface area contributed by atoms with E-state index in [2.05, 4.69) is 10.3 Å². The van der Waals surface area contributed by atoms with Gasteiger partial charge in [-0.2, -0.15) is 0 Å². The lowest BCUT2D eigenvalue weighted by atomic mass is 10.1. The smallest absolute Gasteiger partial charge is 0.255 e. The molecule has 6 nitrogen and oxygen atoms in total. The van der Waals surface area contributed by atoms with Crippen molar-refractivity contribution in [3.8, 4) is 17.0 Å². The molecule has 0 aliphatic heterocycles. The fraction of sp³-hybridized carbons (Fsp3) is 0.0909. The number of carbonyl (C=O) groups excluding carboxylic acids is 1. The quantitative estimate of drug-likeness (QED) is 0.568. The zero-order valence-corrected chi connectivity index (χ0v) is 15.6. The summed E-state index contributed by atoms with van der Waals surface area (Å²) in [6.45, 7) is 0. The van der Waals surface area contributed by atoms with E-state index in [4.69, 9.17) is 0 Å². The number of hydrogen-bond donors (Lipinski definition) is 2. The van der Waals surface area contributed by atoms with Crippen molar-refractivity contribution in [3.05, 3.63) is 78.6 Å². The molecule has 2 aromatic carbocycles. The Hall–Kier alpha value is -3.80. The van der Waals surface area contributed by atoms with Gasteiger partial charge in [-0.25, -0.2) is 4.98 Å². The highest BCUT2D eigenvalue weighted by Crippen LogP contribution is 2.29. The van der Waals surface area contributed by atoms with E-state index < -0.39 is 0 Å². The van der Waals surface area contributed by atoms with Gasteiger partial charge in [0.2, 0.25) is 0 Å². The first-order valence-electron chi connectivity index (χ1n) is 8.87. The van der Waals surface area contributed by atoms with Gasteiger partial charge >= 0.3 is 0 Å². The van der Waals surface area contributed by atoms with Gasteiger partial charge in [0.15, 0.2) is 0 Å². The normalized spacial score (nSPS) is 10.8. The monoisotopic (exact) mass is 372 g/mol. The Balaban J connectivity index is 1.69. The van der Waals surface area contributed by atoms with Crippen molar-refractivity contribution < 1.29 is 9.90 Å². The van der Waals surface area contributed by atoms with Gasteiger partial charge in [0.1, 0.15) is 11.4 Å². The molecule has 1 amide bonds. The largest absolute Gasteiger partial charge is 0.508 e. The number of rotatable bonds is 4. The number of phenols is 1. The third-order valence-electron chi connectivity index (χ3n) is 4.50. The van der Waals surface area contributed by atoms with E-state index in [0.717, 1.165) is 22.6 Å². The van der Waals surface area contributed by atoms with Crippen LogP contribution < -0.4 is 10.2 Å². The molecule has 0 fully saturated rings. The third-order valence-corrected chi connectivity index (χ3v) is 4.50. The van der Waals surface area contributed by atoms with Gasteiger partial charge in [0, 0.05) is 49.4 Å². The van der Waals surface area contributed by atoms with E-state index in [-0.39, 0.29) is 11.7 Å². The minimum atomic E-state index is -0.296. The van der Waals surface area contributed by atoms with Crippen LogP contribution in [-0.4, -0.2) is 34.5 Å². The second kappa shape index (κ2) is 7.08. The number of pyridine rings is 1. The Morgan fingerprint density at radius 3 is 2.64 bits per heavy atom. The average Bonchev–Trinajstić information content (AvgIpc) is 3.12. The summed E-state index contributed by atoms with van der Waals surface area (Å²) in [4.78, 5) is 19.3. The Morgan fingerprint density at radius 1 is 1.07 bits per heavy atom. The van der Waals surface area contributed by atoms with Crippen LogP contribution in [0, 0.1) is 0 Å². The molecule has 0 bridgehead atoms. The number of anilines is 2. The Morgan fingerprint density at radius 2 is 1.86 bits per heavy atom. The number of aromatic nitrogens is 2. The number of para-hydroxylation sites is 1. The van der Waals surface area contributed by atoms with Crippen molar-refractivity contribution in [1.82, 2.24) is 9.38 Å². The van der Waals surface area contributed by atoms with E-state index >= 15 is 0 Å². The molecule has 2 aromatic heterocycles. The van der Waals surface area contributed by atoms with E-state index in [0.29, 0.717) is 11.3 Å². The highest BCUT2D eigenvalue weighted by Gasteiger charge is 2.14. The van der Waals surface area contributed by atoms with Crippen LogP contribution >= 0.6 is 0 Å². The maximum atomic E-state index is 12.8. The Bertz CT molecular complexity index is 1130. The van der Waals surface area contributed by atoms with Crippen molar-refractivity contribution in [2.24, 2.45) is 0 Å². The number of aromatic hydroxyl groups is 1. The highest BCUT2D eigenvalue weighted by molar-refractivity contribution is 6.07. The van der Waals surface area contributed by atoms with Crippen LogP contribution in [0.15, 0.2) is 73.1 Å². The predicted octanol–water partition coefficient (Wildman–Crippen LogP) is 4.03. The fourth-order valence-electron chi connectivity index (χ4n) is 3.06. The molecule has 140 valence electrons. The van der Waals surface area contributed by atoms with Crippen molar-refractivity contribution >= 4 is 22.9 Å². The van der Waals surface area contributed by atoms with Crippen molar-refractivity contribution in [2.45, 2.75) is 0 Å². The van der Waals surface area contributed by atoms with Crippen LogP contribution in [-0.2, 0) is 0 Å². The minimum Gasteiger partial charge on any atom is -0.508 e. The van der Waals surface area contributed by atoms with Crippen LogP contribution in [0.2, 0.25) is 0 Å². The van der Waals surface area contributed by atoms with E-state index in [1.54, 1.807) is 12.1 Å². The number of benzene rings is 2. The summed E-state index contributed by atoms with van der Waals surface area (Å²) in [5.74, 6) is -0.250. The predicted molar refractivity (Wildman–Crippen MR) is 111 cm³/mol. The second-order valence-electron chi connectivity index (χ2n) is 6.72. The molecule has 0 unspecified atom stereocenters. The van der Waals surface area contributed by atoms with Gasteiger partial charge in [0.05, 0.1) is 11.4 Å². The first kappa shape index (κ1) is 17.6. The molecule has 4 rings (SSSR count). The molecule has 0 spiro atoms. The van der Waals surface area contributed by atoms with Gasteiger partial charge in [-0.15, -0.1) is 0 Å². The lowest BCUT2D eigenvalue weighted by Gasteiger charge is -2.15. The Kier molecular flexibility index (Phi) is 4.45. The molecule has 0 aliphatic rings. The number of nitrogens with zero attached hydrogens (tertiary/aromatic N) is 3. The van der Waals surface area contributed by atoms with Crippen LogP contribution in [0.25, 0.3) is 16.9 Å². The number of amides is 1. The summed E-state index contributed by atoms with van der Waals surface area (Å²) in [5.41, 5.74) is 4.22. The highest BCUT2D eigenvalue weighted by atomic mass is 16.3. The second-order valence-corrected chi connectivity index (χ2v) is 6.72. The van der Waals surface area contributed by atoms with E-state index in [1.807, 2.05) is 78.3 Å². The fourth-order valence-corrected chi connectivity index (χ4v) is 3.06. The molecular formula is C22H20N4O2. The standard InChI is InChI=1S/C22H20N4O2/c1-25(2)16-11-15(12-17(27)13-16)22(28)24-19-8-4-3-7-18(19)20-14-26-10-6-5-9-21(26)23-20/h3-14,27H,1-2H3,(H,24,28). The topological polar surface area (TPSA) is 69.9 Å². The molecule has 2 N–H and O–H groups in total. The average molecular weight is 372 g/mol. The molecule has 0 atom stereocenters. The summed E-state index contributed by atoms with van der Waals surface area (Å²) in [6.07, 6.45) is 3.86. The summed E-state index contributed by atoms with van der Waals surface area (Å²) in [7, 11) is 3.71. The van der Waals surface area contributed by atoms with Gasteiger partial charge < -0.3 is 19.7 Å². The number of hydrogen-bond acceptors (Lipinski definition) is 4. The molecule has 28 heavy (non-hydrogen) atoms. The lowest BCUT2D eigenvalue weighted by molar-refractivity contribution is 0.102. The molecule has 0 aliphatic carbocycles. The number of fused-ring (bicyclic) bond motifs is 1. The van der Waals surface area contributed by atoms with Crippen LogP contribution in [0.5, 0.6) is 5.75 Å². The lowest BCUT2D eigenvalue weighted by Crippen LogP contribution is -2.14.